The number of carbonyl (C=O) groups is 3. The summed E-state index contributed by atoms with van der Waals surface area (Å²) in [6, 6.07) is 0. The fraction of sp³-hybridized carbons (Fsp3) is 0.928. The summed E-state index contributed by atoms with van der Waals surface area (Å²) in [7, 11) is 0. The number of fused-ring (bicyclic) bond motifs is 7. The molecule has 12 rings (SSSR count). The van der Waals surface area contributed by atoms with Crippen molar-refractivity contribution in [3.63, 3.8) is 0 Å². The Morgan fingerprint density at radius 1 is 0.505 bits per heavy atom. The molecule has 42 atom stereocenters. The van der Waals surface area contributed by atoms with Crippen molar-refractivity contribution in [2.75, 3.05) is 26.4 Å². The van der Waals surface area contributed by atoms with Crippen molar-refractivity contribution >= 4 is 18.2 Å². The van der Waals surface area contributed by atoms with Gasteiger partial charge in [-0.1, -0.05) is 53.2 Å². The Kier molecular flexibility index (Phi) is 23.7. The first-order chi connectivity index (χ1) is 49.2. The van der Waals surface area contributed by atoms with Crippen LogP contribution in [0.4, 0.5) is 0 Å². The highest BCUT2D eigenvalue weighted by molar-refractivity contribution is 5.80. The molecule has 18 N–H and O–H groups in total. The highest BCUT2D eigenvalue weighted by Gasteiger charge is 2.73. The fourth-order valence-corrected chi connectivity index (χ4v) is 20.0. The maximum atomic E-state index is 15.7. The summed E-state index contributed by atoms with van der Waals surface area (Å²) in [5.41, 5.74) is -4.84. The van der Waals surface area contributed by atoms with Crippen molar-refractivity contribution in [1.29, 1.82) is 0 Å². The second kappa shape index (κ2) is 30.6. The van der Waals surface area contributed by atoms with Gasteiger partial charge >= 0.3 is 5.97 Å². The molecule has 7 heterocycles. The highest BCUT2D eigenvalue weighted by atomic mass is 16.8. The number of aliphatic hydroxyl groups is 18. The van der Waals surface area contributed by atoms with Gasteiger partial charge in [0.15, 0.2) is 43.8 Å². The Bertz CT molecular complexity index is 3080. The number of ether oxygens (including phenoxy) is 14. The minimum absolute atomic E-state index is 0.0377. The van der Waals surface area contributed by atoms with Gasteiger partial charge in [0.2, 0.25) is 6.29 Å². The lowest BCUT2D eigenvalue weighted by atomic mass is 9.33. The van der Waals surface area contributed by atoms with Gasteiger partial charge in [-0.25, -0.2) is 0 Å². The van der Waals surface area contributed by atoms with Crippen molar-refractivity contribution in [1.82, 2.24) is 0 Å². The van der Waals surface area contributed by atoms with E-state index in [1.807, 2.05) is 0 Å². The zero-order valence-electron chi connectivity index (χ0n) is 59.6. The number of allylic oxidation sites excluding steroid dienone is 2. The molecule has 0 aromatic rings. The van der Waals surface area contributed by atoms with Gasteiger partial charge < -0.3 is 173 Å². The molecule has 0 unspecified atom stereocenters. The third-order valence-corrected chi connectivity index (χ3v) is 26.4. The normalized spacial score (nSPS) is 55.1. The molecule has 0 bridgehead atoms. The van der Waals surface area contributed by atoms with Gasteiger partial charge in [0.05, 0.1) is 62.2 Å². The van der Waals surface area contributed by atoms with Crippen molar-refractivity contribution in [3.8, 4) is 0 Å². The monoisotopic (exact) mass is 1510 g/mol. The van der Waals surface area contributed by atoms with Gasteiger partial charge in [-0.3, -0.25) is 4.79 Å². The van der Waals surface area contributed by atoms with Crippen LogP contribution in [0.15, 0.2) is 11.6 Å². The molecule has 0 radical (unpaired) electrons. The number of aliphatic carboxylic acids is 1. The molecule has 105 heavy (non-hydrogen) atoms. The van der Waals surface area contributed by atoms with Crippen LogP contribution in [0.5, 0.6) is 0 Å². The molecular formula is C69H107O36-. The minimum Gasteiger partial charge on any atom is -0.547 e. The van der Waals surface area contributed by atoms with E-state index < -0.39 is 292 Å². The number of hydrogen-bond acceptors (Lipinski definition) is 36. The predicted octanol–water partition coefficient (Wildman–Crippen LogP) is -7.68. The van der Waals surface area contributed by atoms with Gasteiger partial charge in [0.25, 0.3) is 0 Å². The van der Waals surface area contributed by atoms with Crippen LogP contribution >= 0.6 is 0 Å². The SMILES string of the molecule is C[C@@H]1O[C@@H](O[C@H]2[C@H](OC(=O)[C@]34CCC(C)(C)C[C@H]3C3=CC[C@@H]5[C@@]6(C)CC[C@H](O[C@@H]7O[C@H](C(=O)[O-])[C@@H](O)[C@H](O[C@@H]8OC[C@@H](O)[C@H](O)[C@H]8O)[C@H]7O[C@@H]7O[C@H](CO)[C@H](O)[C@H](O)[C@H]7O)[C@@](C)(C=O)[C@@H]6CC[C@@]5(C)[C@]3(C)C[C@H]4O)O[C@H](C)[C@H](O)[C@@H]2O)[C@H](O)[C@H](O)[C@H]1O[C@@H]1OC[C@@H](O)[C@H](O[C@@H]2OC[C@@H](O)[C@H](O)[C@H]2O)[C@H]1O. The van der Waals surface area contributed by atoms with Crippen LogP contribution in [0.25, 0.3) is 0 Å². The minimum atomic E-state index is -2.30. The Morgan fingerprint density at radius 3 is 1.67 bits per heavy atom. The number of carboxylic acids is 1. The summed E-state index contributed by atoms with van der Waals surface area (Å²) in [6.07, 6.45) is -54.7. The third-order valence-electron chi connectivity index (χ3n) is 26.4. The van der Waals surface area contributed by atoms with Crippen LogP contribution in [0.3, 0.4) is 0 Å². The topological polar surface area (TPSA) is 568 Å². The van der Waals surface area contributed by atoms with E-state index >= 15 is 4.79 Å². The Hall–Kier alpha value is -2.89. The van der Waals surface area contributed by atoms with E-state index in [1.54, 1.807) is 6.92 Å². The average Bonchev–Trinajstić information content (AvgIpc) is 0.670. The van der Waals surface area contributed by atoms with Gasteiger partial charge in [-0.05, 0) is 111 Å². The van der Waals surface area contributed by atoms with Gasteiger partial charge in [-0.15, -0.1) is 0 Å². The molecule has 0 aromatic heterocycles. The number of hydrogen-bond donors (Lipinski definition) is 18. The number of aliphatic hydroxyl groups excluding tert-OH is 18. The number of aldehydes is 1. The molecule has 0 amide bonds. The number of carboxylic acid groups (broad SMARTS) is 1. The van der Waals surface area contributed by atoms with Gasteiger partial charge in [-0.2, -0.15) is 0 Å². The lowest BCUT2D eigenvalue weighted by molar-refractivity contribution is -0.401. The van der Waals surface area contributed by atoms with Crippen LogP contribution in [-0.2, 0) is 80.7 Å². The van der Waals surface area contributed by atoms with Crippen LogP contribution in [0.1, 0.15) is 113 Å². The first kappa shape index (κ1) is 81.6. The molecule has 0 aromatic carbocycles. The first-order valence-corrected chi connectivity index (χ1v) is 36.4. The summed E-state index contributed by atoms with van der Waals surface area (Å²) in [4.78, 5) is 42.9. The van der Waals surface area contributed by atoms with Crippen LogP contribution < -0.4 is 5.11 Å². The lowest BCUT2D eigenvalue weighted by Gasteiger charge is -2.71. The molecule has 0 spiro atoms. The summed E-state index contributed by atoms with van der Waals surface area (Å²) >= 11 is 0. The van der Waals surface area contributed by atoms with Crippen LogP contribution in [0.2, 0.25) is 0 Å². The van der Waals surface area contributed by atoms with Crippen LogP contribution in [0, 0.1) is 50.2 Å². The van der Waals surface area contributed by atoms with Crippen molar-refractivity contribution < 1.29 is 178 Å². The van der Waals surface area contributed by atoms with Gasteiger partial charge in [0, 0.05) is 0 Å². The van der Waals surface area contributed by atoms with Crippen molar-refractivity contribution in [2.45, 2.75) is 322 Å². The molecule has 11 fully saturated rings. The van der Waals surface area contributed by atoms with E-state index in [-0.39, 0.29) is 25.2 Å². The Labute approximate surface area is 604 Å². The summed E-state index contributed by atoms with van der Waals surface area (Å²) in [5.74, 6) is -4.31. The molecular weight excluding hydrogens is 1400 g/mol. The third kappa shape index (κ3) is 14.0. The lowest BCUT2D eigenvalue weighted by Crippen LogP contribution is -2.70. The number of esters is 1. The Balaban J connectivity index is 0.777. The molecule has 36 heteroatoms. The number of rotatable bonds is 17. The maximum Gasteiger partial charge on any atom is 0.317 e. The molecule has 12 aliphatic rings. The van der Waals surface area contributed by atoms with Crippen molar-refractivity contribution in [3.05, 3.63) is 11.6 Å². The second-order valence-corrected chi connectivity index (χ2v) is 33.1. The van der Waals surface area contributed by atoms with E-state index in [4.69, 9.17) is 66.3 Å². The van der Waals surface area contributed by atoms with E-state index in [9.17, 15) is 107 Å². The van der Waals surface area contributed by atoms with E-state index in [2.05, 4.69) is 40.7 Å². The molecule has 36 nitrogen and oxygen atoms in total. The quantitative estimate of drug-likeness (QED) is 0.0278. The second-order valence-electron chi connectivity index (χ2n) is 33.1. The zero-order chi connectivity index (χ0) is 76.6. The van der Waals surface area contributed by atoms with Crippen molar-refractivity contribution in [2.24, 2.45) is 50.2 Å². The maximum absolute atomic E-state index is 15.7. The smallest absolute Gasteiger partial charge is 0.317 e. The molecule has 5 aliphatic carbocycles. The summed E-state index contributed by atoms with van der Waals surface area (Å²) in [5, 5.41) is 212. The standard InChI is InChI=1S/C69H108O36/c1-24-36(76)41(81)53(103-59-46(86)42(82)49(25(2)96-59)99-58-48(88)50(30(74)22-94-58)100-56-43(83)37(77)28(72)20-92-56)61(95-24)105-63(91)69-16-15-64(3,4)17-27(69)26-9-10-33-65(5)13-12-35(66(6,23-71)32(65)11-14-67(33,7)68(26,8)18-34(69)75)98-62-54(104-60-45(85)40(80)39(79)31(19-70)97-60)51(47(87)52(102-62)55(89)90)101-57-44(84)38(78)29(73)21-93-57/h9,23-25,27-54,56-62,70,72-88H,10-22H2,1-8H3,(H,89,90)/p-1/t24-,25+,27+,28-,29-,30-,31-,32-,33-,34-,35+,36+,37+,38+,39+,40+,41+,42+,43-,44-,45-,46-,47+,48-,49+,50+,51+,52+,53-,54-,56+,57+,58+,59+,60+,61+,62-,65+,66+,67-,68-,69-/m1/s1. The van der Waals surface area contributed by atoms with E-state index in [0.717, 1.165) is 11.9 Å². The number of carbonyl (C=O) groups excluding carboxylic acids is 3. The van der Waals surface area contributed by atoms with E-state index in [0.29, 0.717) is 38.5 Å². The fourth-order valence-electron chi connectivity index (χ4n) is 20.0. The van der Waals surface area contributed by atoms with E-state index in [1.165, 1.54) is 13.8 Å². The Morgan fingerprint density at radius 2 is 1.05 bits per heavy atom. The van der Waals surface area contributed by atoms with Crippen LogP contribution in [-0.4, -0.2) is 345 Å². The molecule has 600 valence electrons. The molecule has 7 saturated heterocycles. The summed E-state index contributed by atoms with van der Waals surface area (Å²) < 4.78 is 83.2. The summed E-state index contributed by atoms with van der Waals surface area (Å²) in [6.45, 7) is 12.5. The largest absolute Gasteiger partial charge is 0.547 e. The highest BCUT2D eigenvalue weighted by Crippen LogP contribution is 2.76. The first-order valence-electron chi connectivity index (χ1n) is 36.4. The zero-order valence-corrected chi connectivity index (χ0v) is 59.6. The van der Waals surface area contributed by atoms with Gasteiger partial charge in [0.1, 0.15) is 146 Å². The molecule has 4 saturated carbocycles. The predicted molar refractivity (Wildman–Crippen MR) is 340 cm³/mol. The average molecular weight is 1510 g/mol. The molecule has 7 aliphatic heterocycles.